The van der Waals surface area contributed by atoms with Crippen molar-refractivity contribution in [3.8, 4) is 5.75 Å². The average Bonchev–Trinajstić information content (AvgIpc) is 2.68. The van der Waals surface area contributed by atoms with E-state index in [1.54, 1.807) is 19.2 Å². The lowest BCUT2D eigenvalue weighted by Gasteiger charge is -2.45. The largest absolute Gasteiger partial charge is 0.496 e. The minimum absolute atomic E-state index is 0.0624. The van der Waals surface area contributed by atoms with Gasteiger partial charge < -0.3 is 14.4 Å². The number of ether oxygens (including phenoxy) is 2. The van der Waals surface area contributed by atoms with E-state index in [4.69, 9.17) is 21.1 Å². The number of carbonyl (C=O) groups excluding carboxylic acids is 1. The SMILES string of the molecule is COc1cccc2c1C1(CCN(C(=O)c3ccc(Cl)cn3)CC1)OCC2. The zero-order valence-electron chi connectivity index (χ0n) is 14.7. The number of piperidine rings is 1. The zero-order chi connectivity index (χ0) is 18.1. The predicted octanol–water partition coefficient (Wildman–Crippen LogP) is 3.45. The molecule has 0 radical (unpaired) electrons. The summed E-state index contributed by atoms with van der Waals surface area (Å²) in [4.78, 5) is 18.7. The Labute approximate surface area is 157 Å². The number of rotatable bonds is 2. The molecule has 0 bridgehead atoms. The fourth-order valence-electron chi connectivity index (χ4n) is 4.03. The van der Waals surface area contributed by atoms with E-state index in [9.17, 15) is 4.79 Å². The van der Waals surface area contributed by atoms with Gasteiger partial charge in [0.15, 0.2) is 0 Å². The standard InChI is InChI=1S/C20H21ClN2O3/c1-25-17-4-2-3-14-7-12-26-20(18(14)17)8-10-23(11-9-20)19(24)16-6-5-15(21)13-22-16/h2-6,13H,7-12H2,1H3. The van der Waals surface area contributed by atoms with Crippen molar-refractivity contribution in [2.45, 2.75) is 24.9 Å². The van der Waals surface area contributed by atoms with Crippen LogP contribution in [0, 0.1) is 0 Å². The Morgan fingerprint density at radius 3 is 2.77 bits per heavy atom. The molecule has 0 unspecified atom stereocenters. The molecule has 0 saturated carbocycles. The third kappa shape index (κ3) is 2.95. The molecule has 2 aliphatic rings. The Kier molecular flexibility index (Phi) is 4.59. The van der Waals surface area contributed by atoms with Crippen molar-refractivity contribution in [1.29, 1.82) is 0 Å². The molecule has 26 heavy (non-hydrogen) atoms. The van der Waals surface area contributed by atoms with Crippen LogP contribution in [0.4, 0.5) is 0 Å². The van der Waals surface area contributed by atoms with Crippen LogP contribution >= 0.6 is 11.6 Å². The van der Waals surface area contributed by atoms with Gasteiger partial charge in [-0.2, -0.15) is 0 Å². The number of aromatic nitrogens is 1. The Bertz CT molecular complexity index is 800. The third-order valence-electron chi connectivity index (χ3n) is 5.34. The molecule has 1 aromatic heterocycles. The predicted molar refractivity (Wildman–Crippen MR) is 98.7 cm³/mol. The monoisotopic (exact) mass is 372 g/mol. The fraction of sp³-hybridized carbons (Fsp3) is 0.400. The van der Waals surface area contributed by atoms with Gasteiger partial charge in [-0.3, -0.25) is 4.79 Å². The lowest BCUT2D eigenvalue weighted by atomic mass is 9.78. The lowest BCUT2D eigenvalue weighted by Crippen LogP contribution is -2.48. The van der Waals surface area contributed by atoms with Crippen LogP contribution in [0.15, 0.2) is 36.5 Å². The number of fused-ring (bicyclic) bond motifs is 2. The van der Waals surface area contributed by atoms with Crippen LogP contribution in [-0.2, 0) is 16.8 Å². The molecular weight excluding hydrogens is 352 g/mol. The second-order valence-electron chi connectivity index (χ2n) is 6.74. The number of likely N-dealkylation sites (tertiary alicyclic amines) is 1. The Morgan fingerprint density at radius 2 is 2.08 bits per heavy atom. The number of amides is 1. The van der Waals surface area contributed by atoms with Gasteiger partial charge in [-0.1, -0.05) is 23.7 Å². The summed E-state index contributed by atoms with van der Waals surface area (Å²) in [6.07, 6.45) is 3.90. The number of hydrogen-bond acceptors (Lipinski definition) is 4. The fourth-order valence-corrected chi connectivity index (χ4v) is 4.14. The molecule has 1 saturated heterocycles. The average molecular weight is 373 g/mol. The smallest absolute Gasteiger partial charge is 0.272 e. The number of halogens is 1. The summed E-state index contributed by atoms with van der Waals surface area (Å²) in [6, 6.07) is 9.53. The van der Waals surface area contributed by atoms with Gasteiger partial charge in [-0.15, -0.1) is 0 Å². The number of methoxy groups -OCH3 is 1. The van der Waals surface area contributed by atoms with Gasteiger partial charge in [0.1, 0.15) is 17.0 Å². The van der Waals surface area contributed by atoms with Gasteiger partial charge in [0, 0.05) is 24.8 Å². The highest BCUT2D eigenvalue weighted by Gasteiger charge is 2.43. The molecule has 136 valence electrons. The third-order valence-corrected chi connectivity index (χ3v) is 5.57. The molecule has 0 atom stereocenters. The summed E-state index contributed by atoms with van der Waals surface area (Å²) in [7, 11) is 1.70. The minimum Gasteiger partial charge on any atom is -0.496 e. The van der Waals surface area contributed by atoms with E-state index in [2.05, 4.69) is 11.1 Å². The molecule has 3 heterocycles. The van der Waals surface area contributed by atoms with E-state index in [1.165, 1.54) is 11.8 Å². The summed E-state index contributed by atoms with van der Waals surface area (Å²) in [5, 5.41) is 0.526. The summed E-state index contributed by atoms with van der Waals surface area (Å²) in [6.45, 7) is 1.95. The molecule has 5 nitrogen and oxygen atoms in total. The van der Waals surface area contributed by atoms with Crippen molar-refractivity contribution in [3.05, 3.63) is 58.4 Å². The molecule has 1 fully saturated rings. The van der Waals surface area contributed by atoms with E-state index >= 15 is 0 Å². The van der Waals surface area contributed by atoms with E-state index in [1.807, 2.05) is 17.0 Å². The number of hydrogen-bond donors (Lipinski definition) is 0. The summed E-state index contributed by atoms with van der Waals surface area (Å²) >= 11 is 5.86. The van der Waals surface area contributed by atoms with Crippen molar-refractivity contribution < 1.29 is 14.3 Å². The first-order chi connectivity index (χ1) is 12.6. The Balaban J connectivity index is 1.56. The van der Waals surface area contributed by atoms with Crippen LogP contribution in [0.25, 0.3) is 0 Å². The van der Waals surface area contributed by atoms with E-state index in [0.717, 1.165) is 30.6 Å². The van der Waals surface area contributed by atoms with E-state index in [-0.39, 0.29) is 11.5 Å². The maximum absolute atomic E-state index is 12.7. The summed E-state index contributed by atoms with van der Waals surface area (Å²) in [5.74, 6) is 0.814. The van der Waals surface area contributed by atoms with Crippen LogP contribution in [0.3, 0.4) is 0 Å². The second kappa shape index (κ2) is 6.89. The van der Waals surface area contributed by atoms with E-state index < -0.39 is 0 Å². The van der Waals surface area contributed by atoms with Crippen molar-refractivity contribution in [1.82, 2.24) is 9.88 Å². The number of nitrogens with zero attached hydrogens (tertiary/aromatic N) is 2. The van der Waals surface area contributed by atoms with Gasteiger partial charge in [-0.05, 0) is 43.0 Å². The maximum Gasteiger partial charge on any atom is 0.272 e. The molecule has 1 spiro atoms. The first-order valence-corrected chi connectivity index (χ1v) is 9.22. The molecular formula is C20H21ClN2O3. The number of carbonyl (C=O) groups is 1. The number of pyridine rings is 1. The highest BCUT2D eigenvalue weighted by atomic mass is 35.5. The van der Waals surface area contributed by atoms with Crippen LogP contribution in [0.1, 0.15) is 34.5 Å². The summed E-state index contributed by atoms with van der Waals surface area (Å²) < 4.78 is 11.9. The number of benzene rings is 1. The second-order valence-corrected chi connectivity index (χ2v) is 7.18. The Hall–Kier alpha value is -2.11. The lowest BCUT2D eigenvalue weighted by molar-refractivity contribution is -0.0947. The van der Waals surface area contributed by atoms with Crippen molar-refractivity contribution in [3.63, 3.8) is 0 Å². The van der Waals surface area contributed by atoms with Crippen LogP contribution in [-0.4, -0.2) is 42.6 Å². The molecule has 1 amide bonds. The van der Waals surface area contributed by atoms with Crippen molar-refractivity contribution in [2.75, 3.05) is 26.8 Å². The van der Waals surface area contributed by atoms with Gasteiger partial charge in [-0.25, -0.2) is 4.98 Å². The van der Waals surface area contributed by atoms with Crippen LogP contribution in [0.5, 0.6) is 5.75 Å². The van der Waals surface area contributed by atoms with Crippen LogP contribution in [0.2, 0.25) is 5.02 Å². The zero-order valence-corrected chi connectivity index (χ0v) is 15.5. The molecule has 4 rings (SSSR count). The molecule has 0 N–H and O–H groups in total. The van der Waals surface area contributed by atoms with Gasteiger partial charge in [0.05, 0.1) is 18.7 Å². The summed E-state index contributed by atoms with van der Waals surface area (Å²) in [5.41, 5.74) is 2.50. The van der Waals surface area contributed by atoms with Crippen LogP contribution < -0.4 is 4.74 Å². The minimum atomic E-state index is -0.371. The van der Waals surface area contributed by atoms with E-state index in [0.29, 0.717) is 30.4 Å². The Morgan fingerprint density at radius 1 is 1.27 bits per heavy atom. The first kappa shape index (κ1) is 17.3. The highest BCUT2D eigenvalue weighted by molar-refractivity contribution is 6.30. The molecule has 6 heteroatoms. The quantitative estimate of drug-likeness (QED) is 0.810. The van der Waals surface area contributed by atoms with Gasteiger partial charge in [0.25, 0.3) is 5.91 Å². The normalized spacial score (nSPS) is 18.5. The molecule has 2 aliphatic heterocycles. The van der Waals surface area contributed by atoms with Gasteiger partial charge >= 0.3 is 0 Å². The van der Waals surface area contributed by atoms with Crippen molar-refractivity contribution >= 4 is 17.5 Å². The van der Waals surface area contributed by atoms with Gasteiger partial charge in [0.2, 0.25) is 0 Å². The first-order valence-electron chi connectivity index (χ1n) is 8.84. The topological polar surface area (TPSA) is 51.7 Å². The highest BCUT2D eigenvalue weighted by Crippen LogP contribution is 2.45. The maximum atomic E-state index is 12.7. The molecule has 1 aromatic carbocycles. The molecule has 0 aliphatic carbocycles. The van der Waals surface area contributed by atoms with Crippen molar-refractivity contribution in [2.24, 2.45) is 0 Å². The molecule has 2 aromatic rings.